The van der Waals surface area contributed by atoms with E-state index in [0.717, 1.165) is 6.07 Å². The van der Waals surface area contributed by atoms with Gasteiger partial charge in [0, 0.05) is 29.4 Å². The van der Waals surface area contributed by atoms with Crippen molar-refractivity contribution in [3.05, 3.63) is 59.2 Å². The number of nitrogens with zero attached hydrogens (tertiary/aromatic N) is 3. The summed E-state index contributed by atoms with van der Waals surface area (Å²) in [6.07, 6.45) is -4.57. The first-order chi connectivity index (χ1) is 13.1. The Balaban J connectivity index is 1.97. The molecule has 144 valence electrons. The normalized spacial score (nSPS) is 12.1. The van der Waals surface area contributed by atoms with Gasteiger partial charge in [-0.05, 0) is 55.8 Å². The molecule has 3 aromatic heterocycles. The van der Waals surface area contributed by atoms with Gasteiger partial charge in [-0.3, -0.25) is 4.68 Å². The Morgan fingerprint density at radius 2 is 1.71 bits per heavy atom. The van der Waals surface area contributed by atoms with Gasteiger partial charge >= 0.3 is 6.18 Å². The Kier molecular flexibility index (Phi) is 4.02. The van der Waals surface area contributed by atoms with Crippen molar-refractivity contribution in [3.63, 3.8) is 0 Å². The third-order valence-corrected chi connectivity index (χ3v) is 4.81. The van der Waals surface area contributed by atoms with Gasteiger partial charge in [0.25, 0.3) is 0 Å². The molecule has 3 heterocycles. The van der Waals surface area contributed by atoms with Crippen LogP contribution in [0, 0.1) is 19.7 Å². The highest BCUT2D eigenvalue weighted by Gasteiger charge is 2.36. The van der Waals surface area contributed by atoms with Crippen LogP contribution in [-0.2, 0) is 13.2 Å². The molecular weight excluding hydrogens is 372 g/mol. The topological polar surface area (TPSA) is 46.5 Å². The third-order valence-electron chi connectivity index (χ3n) is 4.81. The van der Waals surface area contributed by atoms with E-state index >= 15 is 0 Å². The van der Waals surface area contributed by atoms with Crippen molar-refractivity contribution in [2.45, 2.75) is 20.0 Å². The minimum atomic E-state index is -4.57. The van der Waals surface area contributed by atoms with Crippen molar-refractivity contribution in [2.75, 3.05) is 0 Å². The summed E-state index contributed by atoms with van der Waals surface area (Å²) in [4.78, 5) is 7.35. The lowest BCUT2D eigenvalue weighted by Gasteiger charge is -2.12. The lowest BCUT2D eigenvalue weighted by molar-refractivity contribution is -0.137. The van der Waals surface area contributed by atoms with Crippen LogP contribution >= 0.6 is 0 Å². The fourth-order valence-electron chi connectivity index (χ4n) is 3.37. The van der Waals surface area contributed by atoms with E-state index in [-0.39, 0.29) is 11.5 Å². The van der Waals surface area contributed by atoms with E-state index in [4.69, 9.17) is 0 Å². The van der Waals surface area contributed by atoms with Crippen LogP contribution in [0.2, 0.25) is 0 Å². The quantitative estimate of drug-likeness (QED) is 0.467. The average molecular weight is 388 g/mol. The second-order valence-electron chi connectivity index (χ2n) is 6.68. The number of fused-ring (bicyclic) bond motifs is 1. The fraction of sp³-hybridized carbons (Fsp3) is 0.200. The standard InChI is InChI=1S/C20H16F4N4/c1-10-17(11(2)28(3)27-10)18-15(20(22,23)24)8-13-9-16(25-19(13)26-18)12-4-6-14(21)7-5-12/h4-9H,1-3H3,(H,25,26). The largest absolute Gasteiger partial charge is 0.418 e. The molecule has 0 spiro atoms. The van der Waals surface area contributed by atoms with Gasteiger partial charge in [-0.2, -0.15) is 18.3 Å². The number of halogens is 4. The number of aromatic amines is 1. The van der Waals surface area contributed by atoms with Crippen LogP contribution in [0.5, 0.6) is 0 Å². The van der Waals surface area contributed by atoms with Crippen LogP contribution in [0.4, 0.5) is 17.6 Å². The Morgan fingerprint density at radius 3 is 2.29 bits per heavy atom. The monoisotopic (exact) mass is 388 g/mol. The first-order valence-corrected chi connectivity index (χ1v) is 8.52. The maximum Gasteiger partial charge on any atom is 0.418 e. The molecule has 0 aliphatic heterocycles. The molecule has 1 aromatic carbocycles. The lowest BCUT2D eigenvalue weighted by Crippen LogP contribution is -2.09. The summed E-state index contributed by atoms with van der Waals surface area (Å²) in [7, 11) is 1.68. The van der Waals surface area contributed by atoms with E-state index < -0.39 is 11.7 Å². The van der Waals surface area contributed by atoms with Gasteiger partial charge in [0.15, 0.2) is 0 Å². The molecule has 1 N–H and O–H groups in total. The second-order valence-corrected chi connectivity index (χ2v) is 6.68. The summed E-state index contributed by atoms with van der Waals surface area (Å²) in [5.74, 6) is -0.387. The zero-order chi connectivity index (χ0) is 20.2. The number of aryl methyl sites for hydroxylation is 2. The maximum atomic E-state index is 13.8. The van der Waals surface area contributed by atoms with Gasteiger partial charge in [0.2, 0.25) is 0 Å². The fourth-order valence-corrected chi connectivity index (χ4v) is 3.37. The molecule has 4 aromatic rings. The molecule has 4 rings (SSSR count). The first-order valence-electron chi connectivity index (χ1n) is 8.52. The van der Waals surface area contributed by atoms with Crippen LogP contribution in [0.15, 0.2) is 36.4 Å². The summed E-state index contributed by atoms with van der Waals surface area (Å²) < 4.78 is 56.1. The summed E-state index contributed by atoms with van der Waals surface area (Å²) in [5, 5.41) is 4.54. The molecule has 0 saturated heterocycles. The smallest absolute Gasteiger partial charge is 0.339 e. The van der Waals surface area contributed by atoms with Crippen LogP contribution in [-0.4, -0.2) is 19.7 Å². The molecule has 0 bridgehead atoms. The summed E-state index contributed by atoms with van der Waals surface area (Å²) in [6.45, 7) is 3.37. The molecule has 0 saturated carbocycles. The molecule has 8 heteroatoms. The number of hydrogen-bond donors (Lipinski definition) is 1. The zero-order valence-corrected chi connectivity index (χ0v) is 15.3. The van der Waals surface area contributed by atoms with Gasteiger partial charge in [-0.1, -0.05) is 0 Å². The van der Waals surface area contributed by atoms with Crippen LogP contribution in [0.1, 0.15) is 17.0 Å². The van der Waals surface area contributed by atoms with Crippen molar-refractivity contribution >= 4 is 11.0 Å². The van der Waals surface area contributed by atoms with Gasteiger partial charge < -0.3 is 4.98 Å². The number of rotatable bonds is 2. The van der Waals surface area contributed by atoms with E-state index in [9.17, 15) is 17.6 Å². The van der Waals surface area contributed by atoms with E-state index in [0.29, 0.717) is 39.2 Å². The zero-order valence-electron chi connectivity index (χ0n) is 15.3. The van der Waals surface area contributed by atoms with Gasteiger partial charge in [0.05, 0.1) is 17.0 Å². The Hall–Kier alpha value is -3.16. The number of H-pyrrole nitrogens is 1. The number of alkyl halides is 3. The van der Waals surface area contributed by atoms with Crippen molar-refractivity contribution in [3.8, 4) is 22.5 Å². The molecule has 4 nitrogen and oxygen atoms in total. The van der Waals surface area contributed by atoms with Crippen molar-refractivity contribution in [1.29, 1.82) is 0 Å². The Bertz CT molecular complexity index is 1180. The predicted molar refractivity (Wildman–Crippen MR) is 98.2 cm³/mol. The first kappa shape index (κ1) is 18.2. The second kappa shape index (κ2) is 6.19. The Labute approximate surface area is 157 Å². The number of aromatic nitrogens is 4. The molecule has 0 atom stereocenters. The van der Waals surface area contributed by atoms with Crippen LogP contribution in [0.3, 0.4) is 0 Å². The number of hydrogen-bond acceptors (Lipinski definition) is 2. The van der Waals surface area contributed by atoms with Crippen molar-refractivity contribution < 1.29 is 17.6 Å². The predicted octanol–water partition coefficient (Wildman–Crippen LogP) is 5.41. The minimum Gasteiger partial charge on any atom is -0.339 e. The summed E-state index contributed by atoms with van der Waals surface area (Å²) in [5.41, 5.74) is 2.01. The minimum absolute atomic E-state index is 0.157. The molecule has 0 fully saturated rings. The Morgan fingerprint density at radius 1 is 1.04 bits per heavy atom. The van der Waals surface area contributed by atoms with Crippen LogP contribution in [0.25, 0.3) is 33.5 Å². The number of benzene rings is 1. The summed E-state index contributed by atoms with van der Waals surface area (Å²) >= 11 is 0. The highest BCUT2D eigenvalue weighted by Crippen LogP contribution is 2.40. The molecule has 28 heavy (non-hydrogen) atoms. The van der Waals surface area contributed by atoms with Crippen molar-refractivity contribution in [1.82, 2.24) is 19.7 Å². The third kappa shape index (κ3) is 2.94. The van der Waals surface area contributed by atoms with E-state index in [1.807, 2.05) is 0 Å². The molecule has 0 aliphatic rings. The maximum absolute atomic E-state index is 13.8. The number of pyridine rings is 1. The summed E-state index contributed by atoms with van der Waals surface area (Å²) in [6, 6.07) is 8.37. The van der Waals surface area contributed by atoms with Crippen LogP contribution < -0.4 is 0 Å². The van der Waals surface area contributed by atoms with Gasteiger partial charge in [-0.15, -0.1) is 0 Å². The molecule has 0 radical (unpaired) electrons. The number of nitrogens with one attached hydrogen (secondary N) is 1. The lowest BCUT2D eigenvalue weighted by atomic mass is 10.0. The highest BCUT2D eigenvalue weighted by atomic mass is 19.4. The average Bonchev–Trinajstić information content (AvgIpc) is 3.14. The van der Waals surface area contributed by atoms with Gasteiger partial charge in [-0.25, -0.2) is 9.37 Å². The van der Waals surface area contributed by atoms with E-state index in [2.05, 4.69) is 15.1 Å². The van der Waals surface area contributed by atoms with Crippen molar-refractivity contribution in [2.24, 2.45) is 7.05 Å². The van der Waals surface area contributed by atoms with E-state index in [1.165, 1.54) is 16.8 Å². The molecule has 0 unspecified atom stereocenters. The molecular formula is C20H16F4N4. The molecule has 0 amide bonds. The molecule has 0 aliphatic carbocycles. The van der Waals surface area contributed by atoms with E-state index in [1.54, 1.807) is 39.1 Å². The van der Waals surface area contributed by atoms with Gasteiger partial charge in [0.1, 0.15) is 11.5 Å². The SMILES string of the molecule is Cc1nn(C)c(C)c1-c1nc2[nH]c(-c3ccc(F)cc3)cc2cc1C(F)(F)F. The highest BCUT2D eigenvalue weighted by molar-refractivity contribution is 5.87.